The number of primary amides is 1. The number of carbonyl (C=O) groups is 1. The van der Waals surface area contributed by atoms with E-state index >= 15 is 0 Å². The van der Waals surface area contributed by atoms with Gasteiger partial charge in [-0.05, 0) is 48.0 Å². The van der Waals surface area contributed by atoms with Gasteiger partial charge in [-0.3, -0.25) is 9.36 Å². The van der Waals surface area contributed by atoms with Crippen LogP contribution in [0.25, 0.3) is 0 Å². The van der Waals surface area contributed by atoms with E-state index in [9.17, 15) is 14.4 Å². The van der Waals surface area contributed by atoms with Crippen molar-refractivity contribution >= 4 is 29.1 Å². The number of nitrogens with zero attached hydrogens (tertiary/aromatic N) is 5. The van der Waals surface area contributed by atoms with Crippen molar-refractivity contribution in [2.75, 3.05) is 5.32 Å². The summed E-state index contributed by atoms with van der Waals surface area (Å²) in [6.45, 7) is -0.0663. The van der Waals surface area contributed by atoms with Crippen molar-refractivity contribution in [3.63, 3.8) is 0 Å². The van der Waals surface area contributed by atoms with Gasteiger partial charge in [-0.25, -0.2) is 24.1 Å². The van der Waals surface area contributed by atoms with Crippen LogP contribution >= 0.6 is 11.6 Å². The highest BCUT2D eigenvalue weighted by atomic mass is 35.5. The van der Waals surface area contributed by atoms with E-state index in [1.54, 1.807) is 67.0 Å². The number of nitrogens with one attached hydrogen (secondary N) is 1. The van der Waals surface area contributed by atoms with Crippen LogP contribution in [0.2, 0.25) is 5.02 Å². The van der Waals surface area contributed by atoms with Crippen LogP contribution in [0.5, 0.6) is 11.8 Å². The summed E-state index contributed by atoms with van der Waals surface area (Å²) in [4.78, 5) is 49.0. The second-order valence-corrected chi connectivity index (χ2v) is 7.80. The molecule has 2 aromatic heterocycles. The molecule has 2 aromatic carbocycles. The van der Waals surface area contributed by atoms with E-state index in [4.69, 9.17) is 22.1 Å². The molecule has 0 fully saturated rings. The summed E-state index contributed by atoms with van der Waals surface area (Å²) in [5.41, 5.74) is 5.06. The normalized spacial score (nSPS) is 10.7. The predicted molar refractivity (Wildman–Crippen MR) is 129 cm³/mol. The Morgan fingerprint density at radius 2 is 1.69 bits per heavy atom. The van der Waals surface area contributed by atoms with E-state index in [0.29, 0.717) is 16.5 Å². The van der Waals surface area contributed by atoms with Gasteiger partial charge in [-0.1, -0.05) is 23.7 Å². The Kier molecular flexibility index (Phi) is 7.17. The molecule has 0 atom stereocenters. The molecule has 4 aromatic rings. The number of ether oxygens (including phenoxy) is 1. The molecule has 0 spiro atoms. The van der Waals surface area contributed by atoms with Gasteiger partial charge in [0.15, 0.2) is 0 Å². The maximum atomic E-state index is 13.2. The summed E-state index contributed by atoms with van der Waals surface area (Å²) in [5.74, 6) is -0.105. The molecule has 12 heteroatoms. The zero-order valence-electron chi connectivity index (χ0n) is 18.3. The second kappa shape index (κ2) is 10.6. The van der Waals surface area contributed by atoms with E-state index in [-0.39, 0.29) is 31.5 Å². The predicted octanol–water partition coefficient (Wildman–Crippen LogP) is 2.31. The molecule has 35 heavy (non-hydrogen) atoms. The molecule has 4 rings (SSSR count). The van der Waals surface area contributed by atoms with Gasteiger partial charge in [-0.15, -0.1) is 0 Å². The lowest BCUT2D eigenvalue weighted by molar-refractivity contribution is -0.118. The van der Waals surface area contributed by atoms with Gasteiger partial charge < -0.3 is 15.8 Å². The van der Waals surface area contributed by atoms with Crippen molar-refractivity contribution in [1.29, 1.82) is 0 Å². The summed E-state index contributed by atoms with van der Waals surface area (Å²) < 4.78 is 7.75. The number of amides is 1. The standard InChI is InChI=1S/C23H20ClN7O4/c24-16-4-2-15(3-5-16)14-31-20(29-22(33)30(23(31)34)13-10-19(25)32)28-17-6-8-18(9-7-17)35-21-26-11-1-12-27-21/h1-9,11-12H,10,13-14H2,(H2,25,32)(H,28,29,33). The van der Waals surface area contributed by atoms with Crippen LogP contribution in [0.3, 0.4) is 0 Å². The number of benzene rings is 2. The summed E-state index contributed by atoms with van der Waals surface area (Å²) >= 11 is 5.96. The number of halogens is 1. The van der Waals surface area contributed by atoms with Crippen LogP contribution in [0.4, 0.5) is 11.6 Å². The quantitative estimate of drug-likeness (QED) is 0.361. The first-order chi connectivity index (χ1) is 16.9. The third-order valence-corrected chi connectivity index (χ3v) is 5.10. The first kappa shape index (κ1) is 23.6. The molecule has 0 saturated heterocycles. The highest BCUT2D eigenvalue weighted by Gasteiger charge is 2.15. The minimum atomic E-state index is -0.799. The molecule has 0 aliphatic carbocycles. The van der Waals surface area contributed by atoms with E-state index in [1.807, 2.05) is 0 Å². The first-order valence-electron chi connectivity index (χ1n) is 10.5. The maximum Gasteiger partial charge on any atom is 0.354 e. The van der Waals surface area contributed by atoms with Crippen molar-refractivity contribution in [1.82, 2.24) is 24.1 Å². The van der Waals surface area contributed by atoms with Gasteiger partial charge in [-0.2, -0.15) is 4.98 Å². The lowest BCUT2D eigenvalue weighted by Crippen LogP contribution is -2.43. The van der Waals surface area contributed by atoms with Crippen LogP contribution < -0.4 is 27.2 Å². The van der Waals surface area contributed by atoms with Crippen LogP contribution in [0, 0.1) is 0 Å². The molecule has 11 nitrogen and oxygen atoms in total. The number of hydrogen-bond acceptors (Lipinski definition) is 8. The third kappa shape index (κ3) is 6.09. The number of rotatable bonds is 9. The van der Waals surface area contributed by atoms with Gasteiger partial charge in [0.25, 0.3) is 0 Å². The Morgan fingerprint density at radius 1 is 1.00 bits per heavy atom. The van der Waals surface area contributed by atoms with Gasteiger partial charge in [0.2, 0.25) is 11.9 Å². The fourth-order valence-corrected chi connectivity index (χ4v) is 3.26. The minimum Gasteiger partial charge on any atom is -0.424 e. The number of hydrogen-bond donors (Lipinski definition) is 2. The van der Waals surface area contributed by atoms with Crippen LogP contribution in [0.15, 0.2) is 76.6 Å². The Hall–Kier alpha value is -4.51. The molecular weight excluding hydrogens is 474 g/mol. The number of carbonyl (C=O) groups excluding carboxylic acids is 1. The Bertz CT molecular complexity index is 1440. The molecule has 3 N–H and O–H groups in total. The molecule has 0 bridgehead atoms. The zero-order chi connectivity index (χ0) is 24.8. The van der Waals surface area contributed by atoms with Gasteiger partial charge in [0.05, 0.1) is 6.54 Å². The average Bonchev–Trinajstić information content (AvgIpc) is 2.84. The fourth-order valence-electron chi connectivity index (χ4n) is 3.13. The molecule has 0 aliphatic rings. The monoisotopic (exact) mass is 493 g/mol. The largest absolute Gasteiger partial charge is 0.424 e. The zero-order valence-corrected chi connectivity index (χ0v) is 19.1. The highest BCUT2D eigenvalue weighted by molar-refractivity contribution is 6.30. The fraction of sp³-hybridized carbons (Fsp3) is 0.130. The summed E-state index contributed by atoms with van der Waals surface area (Å²) in [6.07, 6.45) is 2.96. The number of anilines is 2. The number of nitrogens with two attached hydrogens (primary N) is 1. The van der Waals surface area contributed by atoms with Crippen molar-refractivity contribution in [2.24, 2.45) is 5.73 Å². The van der Waals surface area contributed by atoms with Gasteiger partial charge in [0, 0.05) is 36.1 Å². The first-order valence-corrected chi connectivity index (χ1v) is 10.8. The van der Waals surface area contributed by atoms with E-state index in [2.05, 4.69) is 20.3 Å². The summed E-state index contributed by atoms with van der Waals surface area (Å²) in [6, 6.07) is 15.5. The molecule has 178 valence electrons. The Morgan fingerprint density at radius 3 is 2.34 bits per heavy atom. The molecule has 2 heterocycles. The third-order valence-electron chi connectivity index (χ3n) is 4.85. The van der Waals surface area contributed by atoms with E-state index in [1.165, 1.54) is 4.57 Å². The Labute approximate surface area is 203 Å². The van der Waals surface area contributed by atoms with Crippen molar-refractivity contribution < 1.29 is 9.53 Å². The summed E-state index contributed by atoms with van der Waals surface area (Å²) in [5, 5.41) is 3.55. The van der Waals surface area contributed by atoms with Crippen molar-refractivity contribution in [3.8, 4) is 11.8 Å². The minimum absolute atomic E-state index is 0.0327. The van der Waals surface area contributed by atoms with Gasteiger partial charge >= 0.3 is 17.4 Å². The number of aromatic nitrogens is 5. The average molecular weight is 494 g/mol. The van der Waals surface area contributed by atoms with E-state index in [0.717, 1.165) is 10.1 Å². The van der Waals surface area contributed by atoms with Crippen LogP contribution in [-0.2, 0) is 17.9 Å². The highest BCUT2D eigenvalue weighted by Crippen LogP contribution is 2.22. The van der Waals surface area contributed by atoms with Crippen molar-refractivity contribution in [3.05, 3.63) is 98.5 Å². The topological polar surface area (TPSA) is 147 Å². The van der Waals surface area contributed by atoms with Gasteiger partial charge in [0.1, 0.15) is 5.75 Å². The van der Waals surface area contributed by atoms with E-state index < -0.39 is 17.3 Å². The van der Waals surface area contributed by atoms with Crippen LogP contribution in [-0.4, -0.2) is 30.0 Å². The van der Waals surface area contributed by atoms with Crippen LogP contribution in [0.1, 0.15) is 12.0 Å². The summed E-state index contributed by atoms with van der Waals surface area (Å²) in [7, 11) is 0. The molecular formula is C23H20ClN7O4. The lowest BCUT2D eigenvalue weighted by Gasteiger charge is -2.16. The smallest absolute Gasteiger partial charge is 0.354 e. The SMILES string of the molecule is NC(=O)CCn1c(=O)nc(Nc2ccc(Oc3ncccn3)cc2)n(Cc2ccc(Cl)cc2)c1=O. The molecule has 0 radical (unpaired) electrons. The van der Waals surface area contributed by atoms with Crippen molar-refractivity contribution in [2.45, 2.75) is 19.5 Å². The lowest BCUT2D eigenvalue weighted by atomic mass is 10.2. The maximum absolute atomic E-state index is 13.2. The molecule has 1 amide bonds. The second-order valence-electron chi connectivity index (χ2n) is 7.36. The molecule has 0 aliphatic heterocycles. The molecule has 0 saturated carbocycles. The Balaban J connectivity index is 1.64. The molecule has 0 unspecified atom stereocenters.